The second-order valence-corrected chi connectivity index (χ2v) is 3.01. The Morgan fingerprint density at radius 3 is 2.80 bits per heavy atom. The zero-order chi connectivity index (χ0) is 11.0. The molecular weight excluding hydrogens is 198 g/mol. The van der Waals surface area contributed by atoms with Crippen molar-refractivity contribution in [2.75, 3.05) is 0 Å². The number of benzene rings is 1. The van der Waals surface area contributed by atoms with Gasteiger partial charge in [-0.1, -0.05) is 12.1 Å². The average Bonchev–Trinajstić information content (AvgIpc) is 2.18. The maximum absolute atomic E-state index is 11.2. The molecule has 0 radical (unpaired) electrons. The lowest BCUT2D eigenvalue weighted by Gasteiger charge is -2.00. The number of hydrogen-bond acceptors (Lipinski definition) is 4. The van der Waals surface area contributed by atoms with Crippen molar-refractivity contribution in [3.63, 3.8) is 0 Å². The summed E-state index contributed by atoms with van der Waals surface area (Å²) >= 11 is 0. The van der Waals surface area contributed by atoms with Crippen molar-refractivity contribution in [1.29, 1.82) is 0 Å². The van der Waals surface area contributed by atoms with E-state index in [0.29, 0.717) is 5.39 Å². The first-order valence-electron chi connectivity index (χ1n) is 4.15. The maximum atomic E-state index is 11.2. The summed E-state index contributed by atoms with van der Waals surface area (Å²) in [7, 11) is 0. The first kappa shape index (κ1) is 9.26. The van der Waals surface area contributed by atoms with Crippen molar-refractivity contribution in [3.8, 4) is 5.75 Å². The molecule has 2 aromatic rings. The van der Waals surface area contributed by atoms with Crippen LogP contribution in [0.2, 0.25) is 0 Å². The predicted octanol–water partition coefficient (Wildman–Crippen LogP) is 0.597. The molecule has 0 bridgehead atoms. The van der Waals surface area contributed by atoms with Crippen molar-refractivity contribution in [1.82, 2.24) is 0 Å². The summed E-state index contributed by atoms with van der Waals surface area (Å²) < 4.78 is 4.78. The molecule has 5 nitrogen and oxygen atoms in total. The molecule has 0 spiro atoms. The Bertz CT molecular complexity index is 600. The largest absolute Gasteiger partial charge is 0.504 e. The van der Waals surface area contributed by atoms with Gasteiger partial charge in [-0.25, -0.2) is 4.79 Å². The van der Waals surface area contributed by atoms with Gasteiger partial charge in [-0.15, -0.1) is 0 Å². The lowest BCUT2D eigenvalue weighted by molar-refractivity contribution is 0.0997. The first-order valence-corrected chi connectivity index (χ1v) is 4.15. The molecule has 0 aliphatic rings. The predicted molar refractivity (Wildman–Crippen MR) is 52.7 cm³/mol. The molecule has 1 amide bonds. The molecule has 0 unspecified atom stereocenters. The first-order chi connectivity index (χ1) is 7.09. The van der Waals surface area contributed by atoms with Crippen LogP contribution in [-0.2, 0) is 0 Å². The summed E-state index contributed by atoms with van der Waals surface area (Å²) in [5.74, 6) is -1.00. The molecule has 0 aliphatic carbocycles. The van der Waals surface area contributed by atoms with E-state index in [2.05, 4.69) is 0 Å². The van der Waals surface area contributed by atoms with E-state index >= 15 is 0 Å². The molecule has 76 valence electrons. The number of phenols is 1. The van der Waals surface area contributed by atoms with Crippen LogP contribution < -0.4 is 11.4 Å². The number of para-hydroxylation sites is 1. The van der Waals surface area contributed by atoms with E-state index in [1.54, 1.807) is 12.1 Å². The minimum Gasteiger partial charge on any atom is -0.504 e. The fraction of sp³-hybridized carbons (Fsp3) is 0. The zero-order valence-corrected chi connectivity index (χ0v) is 7.56. The lowest BCUT2D eigenvalue weighted by Crippen LogP contribution is -2.20. The third-order valence-electron chi connectivity index (χ3n) is 2.00. The monoisotopic (exact) mass is 205 g/mol. The van der Waals surface area contributed by atoms with Crippen LogP contribution in [0.25, 0.3) is 11.0 Å². The van der Waals surface area contributed by atoms with E-state index in [4.69, 9.17) is 10.2 Å². The quantitative estimate of drug-likeness (QED) is 0.666. The molecule has 1 aromatic heterocycles. The van der Waals surface area contributed by atoms with Gasteiger partial charge in [0.25, 0.3) is 5.91 Å². The van der Waals surface area contributed by atoms with Crippen LogP contribution in [0, 0.1) is 0 Å². The fourth-order valence-electron chi connectivity index (χ4n) is 1.30. The Hall–Kier alpha value is -2.30. The van der Waals surface area contributed by atoms with Gasteiger partial charge in [0.15, 0.2) is 11.3 Å². The second kappa shape index (κ2) is 3.13. The highest BCUT2D eigenvalue weighted by molar-refractivity contribution is 5.96. The second-order valence-electron chi connectivity index (χ2n) is 3.01. The number of phenolic OH excluding ortho intramolecular Hbond substituents is 1. The normalized spacial score (nSPS) is 10.4. The van der Waals surface area contributed by atoms with Gasteiger partial charge >= 0.3 is 5.63 Å². The zero-order valence-electron chi connectivity index (χ0n) is 7.56. The van der Waals surface area contributed by atoms with E-state index in [1.165, 1.54) is 12.1 Å². The molecule has 0 saturated carbocycles. The van der Waals surface area contributed by atoms with Gasteiger partial charge in [-0.2, -0.15) is 0 Å². The number of rotatable bonds is 1. The Morgan fingerprint density at radius 1 is 1.40 bits per heavy atom. The molecule has 5 heteroatoms. The molecule has 15 heavy (non-hydrogen) atoms. The Labute approximate surface area is 83.7 Å². The highest BCUT2D eigenvalue weighted by Gasteiger charge is 2.11. The van der Waals surface area contributed by atoms with E-state index in [0.717, 1.165) is 0 Å². The van der Waals surface area contributed by atoms with Gasteiger partial charge in [0, 0.05) is 5.39 Å². The van der Waals surface area contributed by atoms with Gasteiger partial charge in [0.1, 0.15) is 5.56 Å². The van der Waals surface area contributed by atoms with Crippen molar-refractivity contribution in [2.45, 2.75) is 0 Å². The van der Waals surface area contributed by atoms with E-state index in [1.807, 2.05) is 0 Å². The maximum Gasteiger partial charge on any atom is 0.349 e. The van der Waals surface area contributed by atoms with Gasteiger partial charge < -0.3 is 15.3 Å². The molecule has 0 fully saturated rings. The molecule has 0 saturated heterocycles. The van der Waals surface area contributed by atoms with Gasteiger partial charge in [0.05, 0.1) is 0 Å². The smallest absolute Gasteiger partial charge is 0.349 e. The standard InChI is InChI=1S/C10H7NO4/c11-9(13)6-4-5-2-1-3-7(12)8(5)15-10(6)14/h1-4,12H,(H2,11,13). The highest BCUT2D eigenvalue weighted by Crippen LogP contribution is 2.22. The van der Waals surface area contributed by atoms with Crippen LogP contribution in [0.5, 0.6) is 5.75 Å². The summed E-state index contributed by atoms with van der Waals surface area (Å²) in [4.78, 5) is 22.1. The van der Waals surface area contributed by atoms with Crippen molar-refractivity contribution >= 4 is 16.9 Å². The number of primary amides is 1. The fourth-order valence-corrected chi connectivity index (χ4v) is 1.30. The van der Waals surface area contributed by atoms with E-state index in [9.17, 15) is 14.7 Å². The molecule has 1 heterocycles. The highest BCUT2D eigenvalue weighted by atomic mass is 16.4. The van der Waals surface area contributed by atoms with Crippen LogP contribution in [-0.4, -0.2) is 11.0 Å². The van der Waals surface area contributed by atoms with Crippen molar-refractivity contribution < 1.29 is 14.3 Å². The van der Waals surface area contributed by atoms with Crippen LogP contribution in [0.4, 0.5) is 0 Å². The number of hydrogen-bond donors (Lipinski definition) is 2. The minimum atomic E-state index is -0.853. The number of nitrogens with two attached hydrogens (primary N) is 1. The van der Waals surface area contributed by atoms with E-state index < -0.39 is 11.5 Å². The summed E-state index contributed by atoms with van der Waals surface area (Å²) in [5, 5.41) is 9.82. The van der Waals surface area contributed by atoms with Crippen LogP contribution in [0.3, 0.4) is 0 Å². The lowest BCUT2D eigenvalue weighted by atomic mass is 10.1. The van der Waals surface area contributed by atoms with E-state index in [-0.39, 0.29) is 16.9 Å². The SMILES string of the molecule is NC(=O)c1cc2cccc(O)c2oc1=O. The summed E-state index contributed by atoms with van der Waals surface area (Å²) in [6.07, 6.45) is 0. The third kappa shape index (κ3) is 1.43. The third-order valence-corrected chi connectivity index (χ3v) is 2.00. The minimum absolute atomic E-state index is 0.0486. The van der Waals surface area contributed by atoms with Gasteiger partial charge in [0.2, 0.25) is 0 Å². The molecular formula is C10H7NO4. The Kier molecular flexibility index (Phi) is 1.93. The number of carbonyl (C=O) groups is 1. The Balaban J connectivity index is 2.88. The number of fused-ring (bicyclic) bond motifs is 1. The Morgan fingerprint density at radius 2 is 2.13 bits per heavy atom. The topological polar surface area (TPSA) is 93.5 Å². The van der Waals surface area contributed by atoms with Crippen LogP contribution in [0.1, 0.15) is 10.4 Å². The molecule has 0 atom stereocenters. The molecule has 2 rings (SSSR count). The molecule has 1 aromatic carbocycles. The average molecular weight is 205 g/mol. The van der Waals surface area contributed by atoms with Crippen LogP contribution >= 0.6 is 0 Å². The van der Waals surface area contributed by atoms with Gasteiger partial charge in [-0.3, -0.25) is 4.79 Å². The van der Waals surface area contributed by atoms with Crippen molar-refractivity contribution in [3.05, 3.63) is 40.2 Å². The number of amides is 1. The van der Waals surface area contributed by atoms with Crippen LogP contribution in [0.15, 0.2) is 33.5 Å². The summed E-state index contributed by atoms with van der Waals surface area (Å²) in [6.45, 7) is 0. The summed E-state index contributed by atoms with van der Waals surface area (Å²) in [5.41, 5.74) is 3.95. The summed E-state index contributed by atoms with van der Waals surface area (Å²) in [6, 6.07) is 5.85. The van der Waals surface area contributed by atoms with Gasteiger partial charge in [-0.05, 0) is 12.1 Å². The number of carbonyl (C=O) groups excluding carboxylic acids is 1. The molecule has 0 aliphatic heterocycles. The molecule has 3 N–H and O–H groups in total. The number of aromatic hydroxyl groups is 1. The van der Waals surface area contributed by atoms with Crippen molar-refractivity contribution in [2.24, 2.45) is 5.73 Å².